The molecule has 0 rings (SSSR count). The molecule has 27 heavy (non-hydrogen) atoms. The van der Waals surface area contributed by atoms with Gasteiger partial charge in [0.2, 0.25) is 5.91 Å². The third kappa shape index (κ3) is 8.77. The SMILES string of the molecule is CC(O)C(NC(=O)NC(CC(N)=O)C(=O)NNC(=O)C(N)CO)C(=O)NN. The van der Waals surface area contributed by atoms with Crippen LogP contribution in [0.2, 0.25) is 0 Å². The molecule has 15 heteroatoms. The molecule has 0 fully saturated rings. The summed E-state index contributed by atoms with van der Waals surface area (Å²) in [5, 5.41) is 22.3. The van der Waals surface area contributed by atoms with Gasteiger partial charge in [0.25, 0.3) is 17.7 Å². The maximum atomic E-state index is 12.0. The monoisotopic (exact) mass is 392 g/mol. The summed E-state index contributed by atoms with van der Waals surface area (Å²) in [7, 11) is 0. The number of nitrogens with two attached hydrogens (primary N) is 3. The Morgan fingerprint density at radius 2 is 1.56 bits per heavy atom. The summed E-state index contributed by atoms with van der Waals surface area (Å²) in [6.07, 6.45) is -1.98. The first kappa shape index (κ1) is 24.0. The molecule has 0 aromatic heterocycles. The number of nitrogens with one attached hydrogen (secondary N) is 5. The number of carbonyl (C=O) groups is 5. The van der Waals surface area contributed by atoms with Crippen molar-refractivity contribution in [2.45, 2.75) is 37.6 Å². The quantitative estimate of drug-likeness (QED) is 0.101. The molecule has 0 aromatic carbocycles. The summed E-state index contributed by atoms with van der Waals surface area (Å²) in [6, 6.07) is -5.40. The fraction of sp³-hybridized carbons (Fsp3) is 0.583. The molecule has 13 N–H and O–H groups in total. The molecule has 0 spiro atoms. The van der Waals surface area contributed by atoms with E-state index in [1.165, 1.54) is 6.92 Å². The second-order valence-electron chi connectivity index (χ2n) is 5.34. The van der Waals surface area contributed by atoms with Crippen molar-refractivity contribution in [3.05, 3.63) is 0 Å². The van der Waals surface area contributed by atoms with Gasteiger partial charge in [-0.1, -0.05) is 0 Å². The Balaban J connectivity index is 4.96. The first-order chi connectivity index (χ1) is 12.5. The molecule has 0 bridgehead atoms. The van der Waals surface area contributed by atoms with Crippen LogP contribution in [0.5, 0.6) is 0 Å². The number of carbonyl (C=O) groups excluding carboxylic acids is 5. The third-order valence-corrected chi connectivity index (χ3v) is 3.06. The highest BCUT2D eigenvalue weighted by Crippen LogP contribution is 1.96. The highest BCUT2D eigenvalue weighted by atomic mass is 16.3. The maximum absolute atomic E-state index is 12.0. The molecule has 15 nitrogen and oxygen atoms in total. The molecular formula is C12H24N8O7. The van der Waals surface area contributed by atoms with E-state index in [4.69, 9.17) is 22.4 Å². The smallest absolute Gasteiger partial charge is 0.316 e. The van der Waals surface area contributed by atoms with Crippen LogP contribution in [0.4, 0.5) is 4.79 Å². The first-order valence-electron chi connectivity index (χ1n) is 7.53. The van der Waals surface area contributed by atoms with Crippen LogP contribution in [-0.4, -0.2) is 70.7 Å². The lowest BCUT2D eigenvalue weighted by Crippen LogP contribution is -2.60. The largest absolute Gasteiger partial charge is 0.394 e. The van der Waals surface area contributed by atoms with E-state index in [0.717, 1.165) is 0 Å². The number of hydrazine groups is 2. The molecule has 0 heterocycles. The lowest BCUT2D eigenvalue weighted by molar-refractivity contribution is -0.132. The van der Waals surface area contributed by atoms with Gasteiger partial charge in [-0.25, -0.2) is 10.6 Å². The van der Waals surface area contributed by atoms with Crippen molar-refractivity contribution in [2.75, 3.05) is 6.61 Å². The summed E-state index contributed by atoms with van der Waals surface area (Å²) >= 11 is 0. The van der Waals surface area contributed by atoms with Crippen molar-refractivity contribution in [1.82, 2.24) is 26.9 Å². The van der Waals surface area contributed by atoms with Crippen LogP contribution in [0.25, 0.3) is 0 Å². The number of hydrogen-bond donors (Lipinski definition) is 10. The Kier molecular flexibility index (Phi) is 10.3. The van der Waals surface area contributed by atoms with Crippen LogP contribution in [0.3, 0.4) is 0 Å². The van der Waals surface area contributed by atoms with Crippen LogP contribution in [0.1, 0.15) is 13.3 Å². The van der Waals surface area contributed by atoms with E-state index in [0.29, 0.717) is 0 Å². The van der Waals surface area contributed by atoms with E-state index in [1.807, 2.05) is 10.9 Å². The van der Waals surface area contributed by atoms with E-state index in [2.05, 4.69) is 10.6 Å². The number of hydrogen-bond acceptors (Lipinski definition) is 9. The number of rotatable bonds is 9. The molecule has 4 unspecified atom stereocenters. The average molecular weight is 392 g/mol. The molecule has 0 aliphatic carbocycles. The lowest BCUT2D eigenvalue weighted by Gasteiger charge is -2.22. The van der Waals surface area contributed by atoms with Crippen LogP contribution in [-0.2, 0) is 19.2 Å². The predicted molar refractivity (Wildman–Crippen MR) is 88.4 cm³/mol. The van der Waals surface area contributed by atoms with Crippen molar-refractivity contribution >= 4 is 29.7 Å². The van der Waals surface area contributed by atoms with Crippen molar-refractivity contribution in [3.8, 4) is 0 Å². The zero-order valence-electron chi connectivity index (χ0n) is 14.4. The van der Waals surface area contributed by atoms with Gasteiger partial charge >= 0.3 is 6.03 Å². The van der Waals surface area contributed by atoms with Crippen molar-refractivity contribution in [2.24, 2.45) is 17.3 Å². The normalized spacial score (nSPS) is 14.7. The molecule has 6 amide bonds. The number of amides is 6. The Bertz CT molecular complexity index is 570. The minimum Gasteiger partial charge on any atom is -0.394 e. The summed E-state index contributed by atoms with van der Waals surface area (Å²) in [5.41, 5.74) is 15.7. The average Bonchev–Trinajstić information content (AvgIpc) is 2.61. The van der Waals surface area contributed by atoms with Gasteiger partial charge in [-0.3, -0.25) is 35.5 Å². The van der Waals surface area contributed by atoms with Gasteiger partial charge in [0.05, 0.1) is 19.1 Å². The Morgan fingerprint density at radius 1 is 1.00 bits per heavy atom. The van der Waals surface area contributed by atoms with Gasteiger partial charge in [0.15, 0.2) is 0 Å². The number of primary amides is 1. The molecule has 0 aromatic rings. The van der Waals surface area contributed by atoms with Gasteiger partial charge in [-0.05, 0) is 6.92 Å². The van der Waals surface area contributed by atoms with Crippen LogP contribution in [0.15, 0.2) is 0 Å². The fourth-order valence-electron chi connectivity index (χ4n) is 1.63. The van der Waals surface area contributed by atoms with E-state index >= 15 is 0 Å². The minimum atomic E-state index is -1.54. The van der Waals surface area contributed by atoms with Gasteiger partial charge in [0.1, 0.15) is 18.1 Å². The molecule has 0 saturated carbocycles. The molecule has 0 radical (unpaired) electrons. The second kappa shape index (κ2) is 11.6. The topological polar surface area (TPSA) is 264 Å². The summed E-state index contributed by atoms with van der Waals surface area (Å²) in [5.74, 6) is 1.09. The molecule has 0 aliphatic rings. The van der Waals surface area contributed by atoms with Gasteiger partial charge in [0, 0.05) is 0 Å². The number of aliphatic hydroxyl groups is 2. The van der Waals surface area contributed by atoms with E-state index in [1.54, 1.807) is 5.43 Å². The molecule has 0 aliphatic heterocycles. The third-order valence-electron chi connectivity index (χ3n) is 3.06. The minimum absolute atomic E-state index is 0.649. The van der Waals surface area contributed by atoms with Gasteiger partial charge < -0.3 is 32.3 Å². The van der Waals surface area contributed by atoms with Crippen LogP contribution < -0.4 is 44.2 Å². The first-order valence-corrected chi connectivity index (χ1v) is 7.53. The maximum Gasteiger partial charge on any atom is 0.316 e. The second-order valence-corrected chi connectivity index (χ2v) is 5.34. The predicted octanol–water partition coefficient (Wildman–Crippen LogP) is -6.26. The molecular weight excluding hydrogens is 368 g/mol. The van der Waals surface area contributed by atoms with Crippen molar-refractivity contribution < 1.29 is 34.2 Å². The van der Waals surface area contributed by atoms with E-state index < -0.39 is 66.9 Å². The number of aliphatic hydroxyl groups excluding tert-OH is 2. The summed E-state index contributed by atoms with van der Waals surface area (Å²) < 4.78 is 0. The molecule has 0 saturated heterocycles. The standard InChI is InChI=1S/C12H24N8O7/c1-4(22)8(11(26)18-15)17-12(27)16-6(2-7(14)23)10(25)20-19-9(24)5(13)3-21/h4-6,8,21-22H,2-3,13,15H2,1H3,(H2,14,23)(H,18,26)(H,19,24)(H,20,25)(H2,16,17,27). The van der Waals surface area contributed by atoms with Crippen molar-refractivity contribution in [3.63, 3.8) is 0 Å². The Hall–Kier alpha value is -3.01. The number of urea groups is 1. The highest BCUT2D eigenvalue weighted by Gasteiger charge is 2.28. The molecule has 154 valence electrons. The van der Waals surface area contributed by atoms with Gasteiger partial charge in [-0.2, -0.15) is 0 Å². The fourth-order valence-corrected chi connectivity index (χ4v) is 1.63. The van der Waals surface area contributed by atoms with Gasteiger partial charge in [-0.15, -0.1) is 0 Å². The highest BCUT2D eigenvalue weighted by molar-refractivity contribution is 5.94. The van der Waals surface area contributed by atoms with Crippen molar-refractivity contribution in [1.29, 1.82) is 0 Å². The zero-order valence-corrected chi connectivity index (χ0v) is 14.4. The Labute approximate surface area is 153 Å². The van der Waals surface area contributed by atoms with Crippen LogP contribution >= 0.6 is 0 Å². The van der Waals surface area contributed by atoms with Crippen LogP contribution in [0, 0.1) is 0 Å². The molecule has 4 atom stereocenters. The Morgan fingerprint density at radius 3 is 2.00 bits per heavy atom. The lowest BCUT2D eigenvalue weighted by atomic mass is 10.1. The van der Waals surface area contributed by atoms with E-state index in [-0.39, 0.29) is 0 Å². The van der Waals surface area contributed by atoms with E-state index in [9.17, 15) is 29.1 Å². The summed E-state index contributed by atoms with van der Waals surface area (Å²) in [6.45, 7) is 0.519. The zero-order chi connectivity index (χ0) is 21.1. The summed E-state index contributed by atoms with van der Waals surface area (Å²) in [4.78, 5) is 57.9.